The first-order chi connectivity index (χ1) is 12.5. The molecule has 0 radical (unpaired) electrons. The van der Waals surface area contributed by atoms with Crippen LogP contribution in [0.15, 0.2) is 60.8 Å². The van der Waals surface area contributed by atoms with Crippen LogP contribution in [0.2, 0.25) is 10.0 Å². The number of nitrogens with one attached hydrogen (secondary N) is 1. The number of halogens is 2. The van der Waals surface area contributed by atoms with Crippen molar-refractivity contribution in [1.82, 2.24) is 4.98 Å². The number of amides is 1. The van der Waals surface area contributed by atoms with Crippen LogP contribution in [0.25, 0.3) is 0 Å². The fraction of sp³-hybridized carbons (Fsp3) is 0.100. The van der Waals surface area contributed by atoms with Crippen LogP contribution in [-0.2, 0) is 0 Å². The summed E-state index contributed by atoms with van der Waals surface area (Å²) in [6.45, 7) is 1.97. The molecule has 1 amide bonds. The number of fused-ring (bicyclic) bond motifs is 1. The lowest BCUT2D eigenvalue weighted by Gasteiger charge is -2.27. The minimum Gasteiger partial charge on any atom is -0.360 e. The molecule has 3 aromatic rings. The van der Waals surface area contributed by atoms with Gasteiger partial charge in [0.15, 0.2) is 0 Å². The third-order valence-electron chi connectivity index (χ3n) is 4.33. The van der Waals surface area contributed by atoms with Crippen molar-refractivity contribution < 1.29 is 4.79 Å². The van der Waals surface area contributed by atoms with Crippen molar-refractivity contribution in [1.29, 1.82) is 0 Å². The Morgan fingerprint density at radius 2 is 1.88 bits per heavy atom. The topological polar surface area (TPSA) is 45.2 Å². The molecule has 1 N–H and O–H groups in total. The highest BCUT2D eigenvalue weighted by Gasteiger charge is 2.38. The molecule has 0 bridgehead atoms. The molecule has 1 aliphatic rings. The molecular formula is C20H15Cl2N3O. The molecule has 2 aromatic carbocycles. The van der Waals surface area contributed by atoms with Crippen molar-refractivity contribution in [2.45, 2.75) is 13.1 Å². The van der Waals surface area contributed by atoms with E-state index in [0.717, 1.165) is 11.1 Å². The summed E-state index contributed by atoms with van der Waals surface area (Å²) in [7, 11) is 0. The van der Waals surface area contributed by atoms with Crippen LogP contribution in [0.4, 0.5) is 11.5 Å². The number of hydrogen-bond acceptors (Lipinski definition) is 3. The Morgan fingerprint density at radius 1 is 1.08 bits per heavy atom. The molecule has 0 aliphatic carbocycles. The fourth-order valence-corrected chi connectivity index (χ4v) is 3.56. The summed E-state index contributed by atoms with van der Waals surface area (Å²) < 4.78 is 0. The van der Waals surface area contributed by atoms with E-state index in [4.69, 9.17) is 23.2 Å². The normalized spacial score (nSPS) is 15.9. The molecule has 130 valence electrons. The van der Waals surface area contributed by atoms with E-state index in [1.54, 1.807) is 29.3 Å². The first-order valence-corrected chi connectivity index (χ1v) is 8.87. The van der Waals surface area contributed by atoms with Gasteiger partial charge in [0.05, 0.1) is 10.7 Å². The standard InChI is InChI=1S/C20H15Cl2N3O/c1-12-8-9-23-18(10-12)25-19(14-4-2-3-5-15(14)20(25)26)24-17-7-6-13(21)11-16(17)22/h2-11,19,24H,1H3. The monoisotopic (exact) mass is 383 g/mol. The zero-order valence-corrected chi connectivity index (χ0v) is 15.4. The van der Waals surface area contributed by atoms with E-state index >= 15 is 0 Å². The summed E-state index contributed by atoms with van der Waals surface area (Å²) in [5.41, 5.74) is 3.26. The maximum absolute atomic E-state index is 13.0. The van der Waals surface area contributed by atoms with Crippen LogP contribution in [0.5, 0.6) is 0 Å². The van der Waals surface area contributed by atoms with E-state index in [1.807, 2.05) is 43.3 Å². The predicted octanol–water partition coefficient (Wildman–Crippen LogP) is 5.47. The first kappa shape index (κ1) is 16.9. The third kappa shape index (κ3) is 2.91. The molecule has 0 saturated heterocycles. The largest absolute Gasteiger partial charge is 0.360 e. The molecule has 1 aromatic heterocycles. The maximum Gasteiger partial charge on any atom is 0.261 e. The summed E-state index contributed by atoms with van der Waals surface area (Å²) in [5.74, 6) is 0.495. The van der Waals surface area contributed by atoms with E-state index in [1.165, 1.54) is 0 Å². The molecule has 0 spiro atoms. The zero-order valence-electron chi connectivity index (χ0n) is 13.9. The van der Waals surface area contributed by atoms with Crippen molar-refractivity contribution in [3.8, 4) is 0 Å². The fourth-order valence-electron chi connectivity index (χ4n) is 3.10. The highest BCUT2D eigenvalue weighted by molar-refractivity contribution is 6.36. The van der Waals surface area contributed by atoms with Gasteiger partial charge < -0.3 is 5.32 Å². The summed E-state index contributed by atoms with van der Waals surface area (Å²) in [6, 6.07) is 16.6. The summed E-state index contributed by atoms with van der Waals surface area (Å²) in [4.78, 5) is 19.1. The number of rotatable bonds is 3. The predicted molar refractivity (Wildman–Crippen MR) is 105 cm³/mol. The third-order valence-corrected chi connectivity index (χ3v) is 4.88. The van der Waals surface area contributed by atoms with Crippen LogP contribution in [0.3, 0.4) is 0 Å². The van der Waals surface area contributed by atoms with Gasteiger partial charge in [0.2, 0.25) is 0 Å². The number of carbonyl (C=O) groups excluding carboxylic acids is 1. The molecule has 1 atom stereocenters. The number of nitrogens with zero attached hydrogens (tertiary/aromatic N) is 2. The highest BCUT2D eigenvalue weighted by Crippen LogP contribution is 2.39. The van der Waals surface area contributed by atoms with Gasteiger partial charge in [-0.2, -0.15) is 0 Å². The lowest BCUT2D eigenvalue weighted by Crippen LogP contribution is -2.33. The van der Waals surface area contributed by atoms with E-state index in [-0.39, 0.29) is 5.91 Å². The molecule has 2 heterocycles. The van der Waals surface area contributed by atoms with Crippen LogP contribution in [0.1, 0.15) is 27.7 Å². The Bertz CT molecular complexity index is 1010. The number of anilines is 2. The zero-order chi connectivity index (χ0) is 18.3. The molecule has 4 nitrogen and oxygen atoms in total. The van der Waals surface area contributed by atoms with Gasteiger partial charge in [-0.25, -0.2) is 4.98 Å². The summed E-state index contributed by atoms with van der Waals surface area (Å²) in [6.07, 6.45) is 1.29. The van der Waals surface area contributed by atoms with Gasteiger partial charge in [0.25, 0.3) is 5.91 Å². The van der Waals surface area contributed by atoms with Crippen molar-refractivity contribution in [3.05, 3.63) is 87.5 Å². The minimum atomic E-state index is -0.410. The lowest BCUT2D eigenvalue weighted by molar-refractivity contribution is 0.0992. The van der Waals surface area contributed by atoms with Crippen molar-refractivity contribution >= 4 is 40.6 Å². The second-order valence-corrected chi connectivity index (χ2v) is 6.97. The Kier molecular flexibility index (Phi) is 4.31. The van der Waals surface area contributed by atoms with Crippen LogP contribution in [0, 0.1) is 6.92 Å². The Morgan fingerprint density at radius 3 is 2.65 bits per heavy atom. The van der Waals surface area contributed by atoms with Gasteiger partial charge in [-0.1, -0.05) is 41.4 Å². The molecule has 1 unspecified atom stereocenters. The number of carbonyl (C=O) groups is 1. The number of hydrogen-bond donors (Lipinski definition) is 1. The van der Waals surface area contributed by atoms with Crippen LogP contribution in [-0.4, -0.2) is 10.9 Å². The van der Waals surface area contributed by atoms with Crippen LogP contribution < -0.4 is 10.2 Å². The van der Waals surface area contributed by atoms with Gasteiger partial charge in [-0.15, -0.1) is 0 Å². The highest BCUT2D eigenvalue weighted by atomic mass is 35.5. The van der Waals surface area contributed by atoms with Gasteiger partial charge in [-0.05, 0) is 48.9 Å². The van der Waals surface area contributed by atoms with E-state index in [0.29, 0.717) is 27.1 Å². The SMILES string of the molecule is Cc1ccnc(N2C(=O)c3ccccc3C2Nc2ccc(Cl)cc2Cl)c1. The van der Waals surface area contributed by atoms with Crippen LogP contribution >= 0.6 is 23.2 Å². The molecule has 0 saturated carbocycles. The van der Waals surface area contributed by atoms with E-state index in [2.05, 4.69) is 10.3 Å². The molecule has 6 heteroatoms. The Hall–Kier alpha value is -2.56. The quantitative estimate of drug-likeness (QED) is 0.652. The van der Waals surface area contributed by atoms with E-state index in [9.17, 15) is 4.79 Å². The average Bonchev–Trinajstić information content (AvgIpc) is 2.90. The van der Waals surface area contributed by atoms with Gasteiger partial charge in [-0.3, -0.25) is 9.69 Å². The number of aromatic nitrogens is 1. The molecule has 0 fully saturated rings. The second-order valence-electron chi connectivity index (χ2n) is 6.12. The van der Waals surface area contributed by atoms with Gasteiger partial charge in [0.1, 0.15) is 12.0 Å². The number of pyridine rings is 1. The van der Waals surface area contributed by atoms with Gasteiger partial charge >= 0.3 is 0 Å². The first-order valence-electron chi connectivity index (χ1n) is 8.11. The number of aryl methyl sites for hydroxylation is 1. The second kappa shape index (κ2) is 6.63. The van der Waals surface area contributed by atoms with Crippen molar-refractivity contribution in [3.63, 3.8) is 0 Å². The minimum absolute atomic E-state index is 0.0960. The molecule has 4 rings (SSSR count). The Balaban J connectivity index is 1.81. The van der Waals surface area contributed by atoms with Crippen molar-refractivity contribution in [2.75, 3.05) is 10.2 Å². The molecule has 1 aliphatic heterocycles. The lowest BCUT2D eigenvalue weighted by atomic mass is 10.1. The van der Waals surface area contributed by atoms with Crippen molar-refractivity contribution in [2.24, 2.45) is 0 Å². The summed E-state index contributed by atoms with van der Waals surface area (Å²) in [5, 5.41) is 4.41. The smallest absolute Gasteiger partial charge is 0.261 e. The van der Waals surface area contributed by atoms with E-state index < -0.39 is 6.17 Å². The van der Waals surface area contributed by atoms with Gasteiger partial charge in [0, 0.05) is 22.3 Å². The molecule has 26 heavy (non-hydrogen) atoms. The molecular weight excluding hydrogens is 369 g/mol. The number of benzene rings is 2. The Labute approximate surface area is 161 Å². The average molecular weight is 384 g/mol. The summed E-state index contributed by atoms with van der Waals surface area (Å²) >= 11 is 12.3. The maximum atomic E-state index is 13.0.